The lowest BCUT2D eigenvalue weighted by Crippen LogP contribution is -2.32. The van der Waals surface area contributed by atoms with Crippen molar-refractivity contribution in [3.05, 3.63) is 0 Å². The zero-order valence-electron chi connectivity index (χ0n) is 14.2. The lowest BCUT2D eigenvalue weighted by molar-refractivity contribution is -0.142. The molecule has 0 atom stereocenters. The summed E-state index contributed by atoms with van der Waals surface area (Å²) in [5.41, 5.74) is 0. The van der Waals surface area contributed by atoms with Crippen molar-refractivity contribution >= 4 is 12.1 Å². The van der Waals surface area contributed by atoms with E-state index in [1.54, 1.807) is 0 Å². The van der Waals surface area contributed by atoms with Crippen LogP contribution in [0.4, 0.5) is 13.6 Å². The summed E-state index contributed by atoms with van der Waals surface area (Å²) in [5, 5.41) is 2.17. The van der Waals surface area contributed by atoms with Crippen molar-refractivity contribution in [1.82, 2.24) is 5.32 Å². The van der Waals surface area contributed by atoms with Crippen molar-refractivity contribution < 1.29 is 27.8 Å². The van der Waals surface area contributed by atoms with Gasteiger partial charge < -0.3 is 14.8 Å². The molecule has 0 bridgehead atoms. The molecule has 0 aromatic heterocycles. The number of nitrogens with one attached hydrogen (secondary N) is 1. The maximum atomic E-state index is 12.9. The topological polar surface area (TPSA) is 64.6 Å². The molecule has 7 heteroatoms. The van der Waals surface area contributed by atoms with Gasteiger partial charge in [-0.1, -0.05) is 46.0 Å². The van der Waals surface area contributed by atoms with Gasteiger partial charge in [-0.15, -0.1) is 0 Å². The number of hydrogen-bond acceptors (Lipinski definition) is 4. The molecule has 0 fully saturated rings. The first-order valence-corrected chi connectivity index (χ1v) is 8.35. The van der Waals surface area contributed by atoms with Crippen LogP contribution in [0.1, 0.15) is 65.2 Å². The normalized spacial score (nSPS) is 11.1. The molecule has 0 aliphatic carbocycles. The van der Waals surface area contributed by atoms with E-state index >= 15 is 0 Å². The van der Waals surface area contributed by atoms with E-state index < -0.39 is 24.4 Å². The number of hydrogen-bond donors (Lipinski definition) is 1. The Balaban J connectivity index is 3.52. The number of carbonyl (C=O) groups excluding carboxylic acids is 2. The largest absolute Gasteiger partial charge is 0.464 e. The van der Waals surface area contributed by atoms with Gasteiger partial charge in [0.1, 0.15) is 6.54 Å². The second-order valence-corrected chi connectivity index (χ2v) is 5.44. The lowest BCUT2D eigenvalue weighted by Gasteiger charge is -2.13. The molecule has 0 aromatic carbocycles. The molecule has 23 heavy (non-hydrogen) atoms. The van der Waals surface area contributed by atoms with Crippen molar-refractivity contribution in [3.8, 4) is 0 Å². The Hall–Kier alpha value is -1.40. The van der Waals surface area contributed by atoms with Crippen LogP contribution >= 0.6 is 0 Å². The number of amides is 1. The first-order chi connectivity index (χ1) is 10.9. The summed E-state index contributed by atoms with van der Waals surface area (Å²) in [7, 11) is 0. The van der Waals surface area contributed by atoms with Crippen molar-refractivity contribution in [3.63, 3.8) is 0 Å². The van der Waals surface area contributed by atoms with E-state index in [9.17, 15) is 18.4 Å². The lowest BCUT2D eigenvalue weighted by atomic mass is 10.1. The fraction of sp³-hybridized carbons (Fsp3) is 0.875. The predicted octanol–water partition coefficient (Wildman–Crippen LogP) is 4.05. The Labute approximate surface area is 137 Å². The van der Waals surface area contributed by atoms with Crippen LogP contribution in [0.2, 0.25) is 0 Å². The van der Waals surface area contributed by atoms with Gasteiger partial charge >= 0.3 is 12.1 Å². The van der Waals surface area contributed by atoms with Crippen LogP contribution in [-0.2, 0) is 14.3 Å². The molecule has 0 aromatic rings. The number of halogens is 2. The smallest absolute Gasteiger partial charge is 0.407 e. The highest BCUT2D eigenvalue weighted by molar-refractivity contribution is 5.77. The van der Waals surface area contributed by atoms with E-state index in [1.807, 2.05) is 0 Å². The molecule has 0 radical (unpaired) electrons. The standard InChI is InChI=1S/C16H29F2NO4/c1-3-5-6-7-8-9-11-22-14(20)13-19-15(21)23-12-10-16(17,18)4-2/h3-13H2,1-2H3,(H,19,21). The summed E-state index contributed by atoms with van der Waals surface area (Å²) >= 11 is 0. The molecule has 0 aliphatic rings. The number of ether oxygens (including phenoxy) is 2. The van der Waals surface area contributed by atoms with Crippen LogP contribution in [0.5, 0.6) is 0 Å². The SMILES string of the molecule is CCCCCCCCOC(=O)CNC(=O)OCCC(F)(F)CC. The van der Waals surface area contributed by atoms with Crippen molar-refractivity contribution in [1.29, 1.82) is 0 Å². The third kappa shape index (κ3) is 14.0. The maximum absolute atomic E-state index is 12.9. The van der Waals surface area contributed by atoms with Crippen LogP contribution in [0, 0.1) is 0 Å². The Morgan fingerprint density at radius 2 is 1.61 bits per heavy atom. The number of alkyl carbamates (subject to hydrolysis) is 1. The molecule has 0 saturated carbocycles. The number of rotatable bonds is 13. The van der Waals surface area contributed by atoms with E-state index in [4.69, 9.17) is 4.74 Å². The molecule has 0 saturated heterocycles. The van der Waals surface area contributed by atoms with Crippen LogP contribution in [0.25, 0.3) is 0 Å². The van der Waals surface area contributed by atoms with Gasteiger partial charge in [0.25, 0.3) is 5.92 Å². The molecular formula is C16H29F2NO4. The molecule has 1 N–H and O–H groups in total. The van der Waals surface area contributed by atoms with Gasteiger partial charge in [-0.3, -0.25) is 4.79 Å². The highest BCUT2D eigenvalue weighted by atomic mass is 19.3. The minimum absolute atomic E-state index is 0.303. The van der Waals surface area contributed by atoms with Gasteiger partial charge in [0.15, 0.2) is 0 Å². The van der Waals surface area contributed by atoms with Crippen molar-refractivity contribution in [2.75, 3.05) is 19.8 Å². The molecule has 1 amide bonds. The minimum Gasteiger partial charge on any atom is -0.464 e. The first kappa shape index (κ1) is 21.6. The molecule has 136 valence electrons. The summed E-state index contributed by atoms with van der Waals surface area (Å²) < 4.78 is 35.3. The molecule has 0 heterocycles. The Morgan fingerprint density at radius 3 is 2.26 bits per heavy atom. The second-order valence-electron chi connectivity index (χ2n) is 5.44. The average molecular weight is 337 g/mol. The van der Waals surface area contributed by atoms with Crippen molar-refractivity contribution in [2.24, 2.45) is 0 Å². The highest BCUT2D eigenvalue weighted by Crippen LogP contribution is 2.21. The predicted molar refractivity (Wildman–Crippen MR) is 83.5 cm³/mol. The van der Waals surface area contributed by atoms with Gasteiger partial charge in [-0.05, 0) is 6.42 Å². The van der Waals surface area contributed by atoms with Crippen LogP contribution in [-0.4, -0.2) is 37.7 Å². The Kier molecular flexibility index (Phi) is 12.3. The molecule has 5 nitrogen and oxygen atoms in total. The van der Waals surface area contributed by atoms with E-state index in [-0.39, 0.29) is 19.6 Å². The molecule has 0 spiro atoms. The zero-order chi connectivity index (χ0) is 17.6. The minimum atomic E-state index is -2.84. The summed E-state index contributed by atoms with van der Waals surface area (Å²) in [4.78, 5) is 22.6. The second kappa shape index (κ2) is 13.1. The third-order valence-corrected chi connectivity index (χ3v) is 3.36. The van der Waals surface area contributed by atoms with Gasteiger partial charge in [0.2, 0.25) is 0 Å². The van der Waals surface area contributed by atoms with E-state index in [0.717, 1.165) is 19.3 Å². The Morgan fingerprint density at radius 1 is 0.957 bits per heavy atom. The van der Waals surface area contributed by atoms with Crippen LogP contribution in [0.15, 0.2) is 0 Å². The van der Waals surface area contributed by atoms with Crippen molar-refractivity contribution in [2.45, 2.75) is 71.1 Å². The Bertz CT molecular complexity index is 338. The fourth-order valence-corrected chi connectivity index (χ4v) is 1.78. The number of alkyl halides is 2. The van der Waals surface area contributed by atoms with Gasteiger partial charge in [-0.25, -0.2) is 13.6 Å². The van der Waals surface area contributed by atoms with Gasteiger partial charge in [-0.2, -0.15) is 0 Å². The zero-order valence-corrected chi connectivity index (χ0v) is 14.2. The van der Waals surface area contributed by atoms with Crippen LogP contribution < -0.4 is 5.32 Å². The molecule has 0 rings (SSSR count). The maximum Gasteiger partial charge on any atom is 0.407 e. The third-order valence-electron chi connectivity index (χ3n) is 3.36. The summed E-state index contributed by atoms with van der Waals surface area (Å²) in [6.45, 7) is 3.12. The summed E-state index contributed by atoms with van der Waals surface area (Å²) in [5.74, 6) is -3.40. The first-order valence-electron chi connectivity index (χ1n) is 8.35. The monoisotopic (exact) mass is 337 g/mol. The van der Waals surface area contributed by atoms with E-state index in [1.165, 1.54) is 26.2 Å². The summed E-state index contributed by atoms with van der Waals surface area (Å²) in [6, 6.07) is 0. The fourth-order valence-electron chi connectivity index (χ4n) is 1.78. The molecule has 0 unspecified atom stereocenters. The van der Waals surface area contributed by atoms with E-state index in [0.29, 0.717) is 6.61 Å². The van der Waals surface area contributed by atoms with Gasteiger partial charge in [0, 0.05) is 12.8 Å². The van der Waals surface area contributed by atoms with Crippen LogP contribution in [0.3, 0.4) is 0 Å². The highest BCUT2D eigenvalue weighted by Gasteiger charge is 2.26. The molecular weight excluding hydrogens is 308 g/mol. The average Bonchev–Trinajstić information content (AvgIpc) is 2.52. The van der Waals surface area contributed by atoms with E-state index in [2.05, 4.69) is 17.0 Å². The number of esters is 1. The molecule has 0 aliphatic heterocycles. The quantitative estimate of drug-likeness (QED) is 0.407. The number of unbranched alkanes of at least 4 members (excludes halogenated alkanes) is 5. The number of carbonyl (C=O) groups is 2. The summed E-state index contributed by atoms with van der Waals surface area (Å²) in [6.07, 6.45) is 4.80. The van der Waals surface area contributed by atoms with Gasteiger partial charge in [0.05, 0.1) is 13.2 Å².